The molecule has 0 radical (unpaired) electrons. The van der Waals surface area contributed by atoms with Crippen molar-refractivity contribution in [2.45, 2.75) is 25.6 Å². The van der Waals surface area contributed by atoms with Gasteiger partial charge in [-0.1, -0.05) is 34.6 Å². The molecule has 156 valence electrons. The summed E-state index contributed by atoms with van der Waals surface area (Å²) in [6, 6.07) is 8.20. The highest BCUT2D eigenvalue weighted by atomic mass is 19.2. The number of carbonyl (C=O) groups excluding carboxylic acids is 2. The summed E-state index contributed by atoms with van der Waals surface area (Å²) in [6.07, 6.45) is 0. The molecule has 2 amide bonds. The molecule has 1 aromatic heterocycles. The molecule has 2 aliphatic rings. The smallest absolute Gasteiger partial charge is 0.263 e. The van der Waals surface area contributed by atoms with Crippen LogP contribution in [0.5, 0.6) is 0 Å². The van der Waals surface area contributed by atoms with E-state index in [1.165, 1.54) is 5.01 Å². The van der Waals surface area contributed by atoms with Gasteiger partial charge >= 0.3 is 0 Å². The Kier molecular flexibility index (Phi) is 4.31. The van der Waals surface area contributed by atoms with Crippen LogP contribution in [0.2, 0.25) is 0 Å². The average molecular weight is 424 g/mol. The summed E-state index contributed by atoms with van der Waals surface area (Å²) in [6.45, 7) is 1.87. The van der Waals surface area contributed by atoms with Crippen LogP contribution in [-0.4, -0.2) is 39.0 Å². The van der Waals surface area contributed by atoms with Crippen molar-refractivity contribution in [3.05, 3.63) is 65.6 Å². The van der Waals surface area contributed by atoms with Gasteiger partial charge in [0, 0.05) is 11.6 Å². The number of nitrogens with zero attached hydrogens (tertiary/aromatic N) is 6. The van der Waals surface area contributed by atoms with Crippen molar-refractivity contribution in [3.8, 4) is 11.4 Å². The largest absolute Gasteiger partial charge is 0.337 e. The molecule has 0 N–H and O–H groups in total. The summed E-state index contributed by atoms with van der Waals surface area (Å²) in [5.41, 5.74) is 1.70. The van der Waals surface area contributed by atoms with Crippen molar-refractivity contribution in [2.24, 2.45) is 10.3 Å². The molecule has 3 aromatic rings. The molecule has 3 heterocycles. The summed E-state index contributed by atoms with van der Waals surface area (Å²) in [5.74, 6) is -2.99. The third kappa shape index (κ3) is 3.05. The highest BCUT2D eigenvalue weighted by molar-refractivity contribution is 6.25. The van der Waals surface area contributed by atoms with E-state index in [0.717, 1.165) is 34.2 Å². The summed E-state index contributed by atoms with van der Waals surface area (Å²) in [5, 5.41) is 13.0. The second kappa shape index (κ2) is 7.04. The first-order chi connectivity index (χ1) is 14.9. The number of fused-ring (bicyclic) bond motifs is 1. The van der Waals surface area contributed by atoms with Crippen LogP contribution in [-0.2, 0) is 16.1 Å². The minimum atomic E-state index is -1.16. The van der Waals surface area contributed by atoms with E-state index >= 15 is 0 Å². The average Bonchev–Trinajstić information content (AvgIpc) is 3.43. The number of carbonyl (C=O) groups is 2. The van der Waals surface area contributed by atoms with Crippen LogP contribution in [0.3, 0.4) is 0 Å². The lowest BCUT2D eigenvalue weighted by atomic mass is 10.1. The van der Waals surface area contributed by atoms with E-state index in [1.54, 1.807) is 0 Å². The molecule has 5 rings (SSSR count). The third-order valence-electron chi connectivity index (χ3n) is 5.17. The number of anilines is 1. The second-order valence-corrected chi connectivity index (χ2v) is 7.13. The first-order valence-electron chi connectivity index (χ1n) is 9.33. The molecule has 2 atom stereocenters. The van der Waals surface area contributed by atoms with Gasteiger partial charge in [0.05, 0.1) is 5.69 Å². The van der Waals surface area contributed by atoms with Crippen LogP contribution >= 0.6 is 0 Å². The van der Waals surface area contributed by atoms with E-state index in [1.807, 2.05) is 31.2 Å². The van der Waals surface area contributed by atoms with Crippen LogP contribution in [0.25, 0.3) is 11.4 Å². The van der Waals surface area contributed by atoms with Gasteiger partial charge in [-0.15, -0.1) is 0 Å². The van der Waals surface area contributed by atoms with Crippen LogP contribution in [0.15, 0.2) is 57.3 Å². The molecule has 11 heteroatoms. The van der Waals surface area contributed by atoms with Crippen LogP contribution < -0.4 is 4.90 Å². The number of hydrogen-bond acceptors (Lipinski definition) is 8. The first-order valence-corrected chi connectivity index (χ1v) is 9.33. The molecule has 0 bridgehead atoms. The number of hydrogen-bond donors (Lipinski definition) is 0. The van der Waals surface area contributed by atoms with E-state index in [0.29, 0.717) is 5.82 Å². The topological polar surface area (TPSA) is 104 Å². The second-order valence-electron chi connectivity index (χ2n) is 7.13. The van der Waals surface area contributed by atoms with Gasteiger partial charge < -0.3 is 4.52 Å². The van der Waals surface area contributed by atoms with Gasteiger partial charge in [0.15, 0.2) is 23.7 Å². The summed E-state index contributed by atoms with van der Waals surface area (Å²) < 4.78 is 32.1. The minimum absolute atomic E-state index is 0.0474. The Labute approximate surface area is 173 Å². The summed E-state index contributed by atoms with van der Waals surface area (Å²) >= 11 is 0. The highest BCUT2D eigenvalue weighted by Gasteiger charge is 2.55. The van der Waals surface area contributed by atoms with Crippen LogP contribution in [0.4, 0.5) is 14.5 Å². The zero-order chi connectivity index (χ0) is 21.7. The number of benzene rings is 2. The van der Waals surface area contributed by atoms with Gasteiger partial charge in [-0.3, -0.25) is 14.6 Å². The summed E-state index contributed by atoms with van der Waals surface area (Å²) in [7, 11) is 0. The molecule has 0 saturated carbocycles. The first kappa shape index (κ1) is 19.0. The molecule has 0 spiro atoms. The van der Waals surface area contributed by atoms with Gasteiger partial charge in [0.2, 0.25) is 11.7 Å². The van der Waals surface area contributed by atoms with Crippen molar-refractivity contribution < 1.29 is 22.9 Å². The Balaban J connectivity index is 1.38. The number of imide groups is 1. The van der Waals surface area contributed by atoms with Crippen molar-refractivity contribution in [3.63, 3.8) is 0 Å². The Morgan fingerprint density at radius 2 is 1.87 bits per heavy atom. The van der Waals surface area contributed by atoms with Gasteiger partial charge in [-0.25, -0.2) is 13.7 Å². The molecule has 1 fully saturated rings. The number of amides is 2. The van der Waals surface area contributed by atoms with Crippen LogP contribution in [0, 0.1) is 18.6 Å². The number of aryl methyl sites for hydroxylation is 1. The van der Waals surface area contributed by atoms with E-state index in [2.05, 4.69) is 20.5 Å². The zero-order valence-corrected chi connectivity index (χ0v) is 16.1. The molecule has 0 aliphatic carbocycles. The molecular formula is C20H14F2N6O3. The predicted molar refractivity (Wildman–Crippen MR) is 101 cm³/mol. The maximum absolute atomic E-state index is 13.6. The monoisotopic (exact) mass is 424 g/mol. The number of aromatic nitrogens is 2. The fraction of sp³-hybridized carbons (Fsp3) is 0.200. The number of halogens is 2. The molecule has 1 saturated heterocycles. The standard InChI is InChI=1S/C20H14F2N6O3/c1-10-4-2-3-5-12(10)18-23-15(31-25-18)9-27-17-16(24-26-27)19(29)28(20(17)30)11-6-7-13(21)14(22)8-11/h2-8,16-17H,9H2,1H3/t16-,17-/m0/s1. The normalized spacial score (nSPS) is 20.1. The van der Waals surface area contributed by atoms with Crippen molar-refractivity contribution in [2.75, 3.05) is 4.90 Å². The lowest BCUT2D eigenvalue weighted by Gasteiger charge is -2.19. The molecule has 9 nitrogen and oxygen atoms in total. The maximum atomic E-state index is 13.6. The SMILES string of the molecule is Cc1ccccc1-c1noc(CN2N=N[C@@H]3C(=O)N(c4ccc(F)c(F)c4)C(=O)[C@H]32)n1. The van der Waals surface area contributed by atoms with Crippen molar-refractivity contribution in [1.82, 2.24) is 15.1 Å². The van der Waals surface area contributed by atoms with E-state index in [9.17, 15) is 18.4 Å². The van der Waals surface area contributed by atoms with E-state index in [4.69, 9.17) is 4.52 Å². The maximum Gasteiger partial charge on any atom is 0.263 e. The quantitative estimate of drug-likeness (QED) is 0.597. The Morgan fingerprint density at radius 1 is 1.06 bits per heavy atom. The van der Waals surface area contributed by atoms with Crippen molar-refractivity contribution >= 4 is 17.5 Å². The van der Waals surface area contributed by atoms with E-state index < -0.39 is 35.5 Å². The predicted octanol–water partition coefficient (Wildman–Crippen LogP) is 2.82. The van der Waals surface area contributed by atoms with Gasteiger partial charge in [0.1, 0.15) is 6.54 Å². The Hall–Kier alpha value is -4.02. The molecule has 0 unspecified atom stereocenters. The number of rotatable bonds is 4. The Bertz CT molecular complexity index is 1240. The fourth-order valence-corrected chi connectivity index (χ4v) is 3.62. The zero-order valence-electron chi connectivity index (χ0n) is 16.1. The van der Waals surface area contributed by atoms with Gasteiger partial charge in [0.25, 0.3) is 11.8 Å². The molecule has 2 aliphatic heterocycles. The lowest BCUT2D eigenvalue weighted by Crippen LogP contribution is -2.39. The molecule has 2 aromatic carbocycles. The van der Waals surface area contributed by atoms with Crippen LogP contribution in [0.1, 0.15) is 11.5 Å². The van der Waals surface area contributed by atoms with Gasteiger partial charge in [-0.05, 0) is 24.6 Å². The fourth-order valence-electron chi connectivity index (χ4n) is 3.62. The van der Waals surface area contributed by atoms with E-state index in [-0.39, 0.29) is 18.1 Å². The highest BCUT2D eigenvalue weighted by Crippen LogP contribution is 2.33. The minimum Gasteiger partial charge on any atom is -0.337 e. The lowest BCUT2D eigenvalue weighted by molar-refractivity contribution is -0.123. The van der Waals surface area contributed by atoms with Gasteiger partial charge in [-0.2, -0.15) is 10.1 Å². The Morgan fingerprint density at radius 3 is 2.65 bits per heavy atom. The molecular weight excluding hydrogens is 410 g/mol. The van der Waals surface area contributed by atoms with Crippen molar-refractivity contribution in [1.29, 1.82) is 0 Å². The molecule has 31 heavy (non-hydrogen) atoms. The summed E-state index contributed by atoms with van der Waals surface area (Å²) in [4.78, 5) is 30.7. The third-order valence-corrected chi connectivity index (χ3v) is 5.17.